The van der Waals surface area contributed by atoms with Crippen molar-refractivity contribution in [1.29, 1.82) is 0 Å². The molecule has 4 heterocycles. The first kappa shape index (κ1) is 28.2. The van der Waals surface area contributed by atoms with Crippen molar-refractivity contribution in [2.24, 2.45) is 16.8 Å². The summed E-state index contributed by atoms with van der Waals surface area (Å²) in [7, 11) is -1.49. The molecular weight excluding hydrogens is 549 g/mol. The van der Waals surface area contributed by atoms with Gasteiger partial charge in [0.25, 0.3) is 11.7 Å². The van der Waals surface area contributed by atoms with Crippen LogP contribution in [0.4, 0.5) is 21.6 Å². The van der Waals surface area contributed by atoms with Gasteiger partial charge in [-0.2, -0.15) is 17.7 Å². The number of morpholine rings is 1. The molecule has 1 atom stereocenters. The molecule has 1 unspecified atom stereocenters. The Bertz CT molecular complexity index is 1480. The number of carbonyl (C=O) groups excluding carboxylic acids is 1. The van der Waals surface area contributed by atoms with Gasteiger partial charge >= 0.3 is 10.2 Å². The molecule has 2 N–H and O–H groups in total. The number of benzene rings is 1. The van der Waals surface area contributed by atoms with E-state index in [1.54, 1.807) is 6.07 Å². The second-order valence-corrected chi connectivity index (χ2v) is 13.5. The van der Waals surface area contributed by atoms with Crippen molar-refractivity contribution in [2.45, 2.75) is 38.1 Å². The molecule has 1 amide bonds. The van der Waals surface area contributed by atoms with E-state index in [9.17, 15) is 17.6 Å². The highest BCUT2D eigenvalue weighted by atomic mass is 32.2. The van der Waals surface area contributed by atoms with Gasteiger partial charge in [0.15, 0.2) is 5.69 Å². The summed E-state index contributed by atoms with van der Waals surface area (Å²) in [5, 5.41) is 4.95. The van der Waals surface area contributed by atoms with Crippen LogP contribution < -0.4 is 14.6 Å². The van der Waals surface area contributed by atoms with Crippen LogP contribution in [0.25, 0.3) is 0 Å². The predicted molar refractivity (Wildman–Crippen MR) is 155 cm³/mol. The summed E-state index contributed by atoms with van der Waals surface area (Å²) in [5.41, 5.74) is 7.76. The van der Waals surface area contributed by atoms with E-state index in [1.807, 2.05) is 0 Å². The standard InChI is InChI=1S/C28H36FN7O4S/c1-33(2)41(38,39)36(22-8-4-7-20(29)17-22)28-25(26(32-36)19-5-3-6-19)24(18-23(31-28)27(30)37)35-11-9-21(10-12-35)34-13-15-40-16-14-34/h4,7-8,17-19,21H,3,5-6,9-16H2,1-2H3,(H-,30,37)/p+1. The summed E-state index contributed by atoms with van der Waals surface area (Å²) in [4.78, 5) is 21.9. The average Bonchev–Trinajstić information content (AvgIpc) is 3.28. The minimum absolute atomic E-state index is 0.0329. The molecule has 2 aromatic rings. The third kappa shape index (κ3) is 4.63. The number of amides is 1. The van der Waals surface area contributed by atoms with E-state index in [0.717, 1.165) is 75.8 Å². The lowest BCUT2D eigenvalue weighted by Gasteiger charge is -2.41. The van der Waals surface area contributed by atoms with Crippen molar-refractivity contribution in [2.75, 3.05) is 58.4 Å². The van der Waals surface area contributed by atoms with Gasteiger partial charge in [0, 0.05) is 68.4 Å². The van der Waals surface area contributed by atoms with E-state index in [2.05, 4.69) is 14.8 Å². The smallest absolute Gasteiger partial charge is 0.379 e. The number of quaternary nitrogens is 1. The Hall–Kier alpha value is -2.97. The maximum Gasteiger partial charge on any atom is 0.408 e. The fourth-order valence-electron chi connectivity index (χ4n) is 6.37. The SMILES string of the molecule is CN(C)S(=O)(=O)[N+]1(c2cccc(F)c2)N=C(C2CCC2)c2c(N3CCC(N4CCOCC4)CC3)cc(C(N)=O)nc21. The number of ether oxygens (including phenoxy) is 1. The van der Waals surface area contributed by atoms with E-state index >= 15 is 0 Å². The van der Waals surface area contributed by atoms with Crippen LogP contribution in [0.3, 0.4) is 0 Å². The summed E-state index contributed by atoms with van der Waals surface area (Å²) in [6, 6.07) is 7.53. The van der Waals surface area contributed by atoms with Gasteiger partial charge in [-0.25, -0.2) is 4.39 Å². The number of hydrogen-bond acceptors (Lipinski definition) is 8. The van der Waals surface area contributed by atoms with Crippen molar-refractivity contribution < 1.29 is 22.3 Å². The zero-order valence-corrected chi connectivity index (χ0v) is 24.3. The molecule has 0 bridgehead atoms. The second-order valence-electron chi connectivity index (χ2n) is 11.4. The number of piperidine rings is 1. The molecule has 3 fully saturated rings. The van der Waals surface area contributed by atoms with Gasteiger partial charge in [0.2, 0.25) is 0 Å². The number of rotatable bonds is 7. The van der Waals surface area contributed by atoms with Crippen LogP contribution in [0.15, 0.2) is 35.4 Å². The summed E-state index contributed by atoms with van der Waals surface area (Å²) in [6.07, 6.45) is 4.56. The number of hydrogen-bond donors (Lipinski definition) is 1. The molecule has 4 aliphatic rings. The van der Waals surface area contributed by atoms with Crippen LogP contribution in [0, 0.1) is 11.7 Å². The van der Waals surface area contributed by atoms with Gasteiger partial charge < -0.3 is 15.4 Å². The number of fused-ring (bicyclic) bond motifs is 1. The van der Waals surface area contributed by atoms with E-state index < -0.39 is 25.9 Å². The largest absolute Gasteiger partial charge is 0.408 e. The van der Waals surface area contributed by atoms with Crippen molar-refractivity contribution in [3.05, 3.63) is 47.4 Å². The Morgan fingerprint density at radius 1 is 1.10 bits per heavy atom. The summed E-state index contributed by atoms with van der Waals surface area (Å²) >= 11 is 0. The molecule has 11 nitrogen and oxygen atoms in total. The van der Waals surface area contributed by atoms with Gasteiger partial charge in [0.05, 0.1) is 18.9 Å². The number of carbonyl (C=O) groups is 1. The topological polar surface area (TPSA) is 121 Å². The van der Waals surface area contributed by atoms with Gasteiger partial charge in [-0.1, -0.05) is 17.6 Å². The minimum atomic E-state index is -4.32. The molecule has 1 saturated carbocycles. The molecular formula is C28H37FN7O4S+. The van der Waals surface area contributed by atoms with Crippen LogP contribution in [-0.4, -0.2) is 93.8 Å². The van der Waals surface area contributed by atoms with Crippen LogP contribution >= 0.6 is 0 Å². The molecule has 1 aliphatic carbocycles. The number of primary amides is 1. The Morgan fingerprint density at radius 2 is 1.80 bits per heavy atom. The maximum atomic E-state index is 14.7. The molecule has 41 heavy (non-hydrogen) atoms. The minimum Gasteiger partial charge on any atom is -0.379 e. The van der Waals surface area contributed by atoms with E-state index in [-0.39, 0.29) is 23.1 Å². The lowest BCUT2D eigenvalue weighted by molar-refractivity contribution is 0.0115. The molecule has 1 aromatic carbocycles. The highest BCUT2D eigenvalue weighted by Gasteiger charge is 2.59. The van der Waals surface area contributed by atoms with Crippen LogP contribution in [-0.2, 0) is 14.9 Å². The molecule has 13 heteroatoms. The summed E-state index contributed by atoms with van der Waals surface area (Å²) in [5.74, 6) is -1.27. The first-order chi connectivity index (χ1) is 19.6. The van der Waals surface area contributed by atoms with Crippen molar-refractivity contribution >= 4 is 39.0 Å². The molecule has 3 aliphatic heterocycles. The highest BCUT2D eigenvalue weighted by Crippen LogP contribution is 2.51. The normalized spacial score (nSPS) is 24.3. The summed E-state index contributed by atoms with van der Waals surface area (Å²) < 4.78 is 48.7. The van der Waals surface area contributed by atoms with Gasteiger partial charge in [0.1, 0.15) is 22.8 Å². The van der Waals surface area contributed by atoms with Crippen LogP contribution in [0.1, 0.15) is 48.2 Å². The van der Waals surface area contributed by atoms with Gasteiger partial charge in [-0.15, -0.1) is 0 Å². The maximum absolute atomic E-state index is 14.7. The van der Waals surface area contributed by atoms with Gasteiger partial charge in [-0.3, -0.25) is 9.69 Å². The average molecular weight is 587 g/mol. The number of pyridine rings is 1. The highest BCUT2D eigenvalue weighted by molar-refractivity contribution is 7.88. The Morgan fingerprint density at radius 3 is 2.39 bits per heavy atom. The van der Waals surface area contributed by atoms with Crippen molar-refractivity contribution in [3.63, 3.8) is 0 Å². The first-order valence-electron chi connectivity index (χ1n) is 14.2. The third-order valence-corrected chi connectivity index (χ3v) is 10.9. The van der Waals surface area contributed by atoms with Crippen LogP contribution in [0.2, 0.25) is 0 Å². The molecule has 0 radical (unpaired) electrons. The fourth-order valence-corrected chi connectivity index (χ4v) is 7.76. The number of nitrogens with zero attached hydrogens (tertiary/aromatic N) is 6. The fraction of sp³-hybridized carbons (Fsp3) is 0.536. The zero-order valence-electron chi connectivity index (χ0n) is 23.5. The number of nitrogens with two attached hydrogens (primary N) is 1. The Kier molecular flexibility index (Phi) is 7.35. The quantitative estimate of drug-likeness (QED) is 0.495. The van der Waals surface area contributed by atoms with Gasteiger partial charge in [-0.05, 0) is 37.8 Å². The Labute approximate surface area is 240 Å². The zero-order chi connectivity index (χ0) is 28.9. The number of aromatic nitrogens is 1. The van der Waals surface area contributed by atoms with Crippen molar-refractivity contribution in [3.8, 4) is 0 Å². The second kappa shape index (κ2) is 10.7. The lowest BCUT2D eigenvalue weighted by Crippen LogP contribution is -2.50. The number of anilines is 1. The molecule has 1 aromatic heterocycles. The first-order valence-corrected chi connectivity index (χ1v) is 15.6. The number of halogens is 1. The van der Waals surface area contributed by atoms with E-state index in [0.29, 0.717) is 23.0 Å². The van der Waals surface area contributed by atoms with Crippen LogP contribution in [0.5, 0.6) is 0 Å². The molecule has 0 spiro atoms. The van der Waals surface area contributed by atoms with E-state index in [4.69, 9.17) is 15.6 Å². The Balaban J connectivity index is 1.53. The predicted octanol–water partition coefficient (Wildman–Crippen LogP) is 2.58. The third-order valence-electron chi connectivity index (χ3n) is 8.84. The molecule has 2 saturated heterocycles. The van der Waals surface area contributed by atoms with E-state index in [1.165, 1.54) is 38.4 Å². The molecule has 220 valence electrons. The monoisotopic (exact) mass is 586 g/mol. The lowest BCUT2D eigenvalue weighted by atomic mass is 9.79. The molecule has 6 rings (SSSR count). The van der Waals surface area contributed by atoms with Crippen molar-refractivity contribution in [1.82, 2.24) is 18.2 Å². The summed E-state index contributed by atoms with van der Waals surface area (Å²) in [6.45, 7) is 4.73.